The van der Waals surface area contributed by atoms with Crippen molar-refractivity contribution in [1.82, 2.24) is 10.2 Å². The number of halogens is 1. The average Bonchev–Trinajstić information content (AvgIpc) is 3.42. The number of amides is 2. The highest BCUT2D eigenvalue weighted by Gasteiger charge is 2.32. The maximum absolute atomic E-state index is 14.7. The second kappa shape index (κ2) is 13.4. The van der Waals surface area contributed by atoms with Gasteiger partial charge in [0.2, 0.25) is 11.8 Å². The summed E-state index contributed by atoms with van der Waals surface area (Å²) >= 11 is 1.52. The van der Waals surface area contributed by atoms with E-state index in [9.17, 15) is 14.0 Å². The first-order valence-corrected chi connectivity index (χ1v) is 14.2. The number of rotatable bonds is 11. The van der Waals surface area contributed by atoms with Gasteiger partial charge >= 0.3 is 0 Å². The molecule has 1 saturated carbocycles. The van der Waals surface area contributed by atoms with Gasteiger partial charge in [0.05, 0.1) is 5.75 Å². The highest BCUT2D eigenvalue weighted by Crippen LogP contribution is 2.22. The largest absolute Gasteiger partial charge is 0.352 e. The number of aryl methyl sites for hydroxylation is 1. The van der Waals surface area contributed by atoms with Crippen LogP contribution < -0.4 is 5.32 Å². The smallest absolute Gasteiger partial charge is 0.243 e. The van der Waals surface area contributed by atoms with Crippen LogP contribution in [0.5, 0.6) is 0 Å². The number of carbonyl (C=O) groups is 2. The van der Waals surface area contributed by atoms with Gasteiger partial charge in [0, 0.05) is 30.3 Å². The molecule has 3 aromatic carbocycles. The molecule has 6 heteroatoms. The third-order valence-electron chi connectivity index (χ3n) is 7.02. The van der Waals surface area contributed by atoms with Crippen molar-refractivity contribution in [3.63, 3.8) is 0 Å². The zero-order valence-electron chi connectivity index (χ0n) is 21.4. The van der Waals surface area contributed by atoms with E-state index in [1.165, 1.54) is 29.0 Å². The van der Waals surface area contributed by atoms with Crippen molar-refractivity contribution < 1.29 is 14.0 Å². The lowest BCUT2D eigenvalue weighted by Crippen LogP contribution is -2.52. The molecule has 0 aromatic heterocycles. The number of hydrogen-bond acceptors (Lipinski definition) is 3. The van der Waals surface area contributed by atoms with Gasteiger partial charge in [-0.15, -0.1) is 11.8 Å². The van der Waals surface area contributed by atoms with Crippen LogP contribution in [0.3, 0.4) is 0 Å². The second-order valence-electron chi connectivity index (χ2n) is 9.73. The molecule has 1 aliphatic rings. The molecule has 1 aliphatic carbocycles. The summed E-state index contributed by atoms with van der Waals surface area (Å²) in [5, 5.41) is 3.19. The summed E-state index contributed by atoms with van der Waals surface area (Å²) < 4.78 is 14.7. The average molecular weight is 519 g/mol. The standard InChI is InChI=1S/C31H35FN2O2S/c1-23-11-5-6-15-26(23)21-37-22-30(35)34(20-25-14-7-10-18-28(25)32)29(19-24-12-3-2-4-13-24)31(36)33-27-16-8-9-17-27/h2-7,10-15,18,27,29H,8-9,16-17,19-22H2,1H3,(H,33,36)/t29-/m1/s1. The Kier molecular flexibility index (Phi) is 9.78. The number of carbonyl (C=O) groups excluding carboxylic acids is 2. The van der Waals surface area contributed by atoms with E-state index in [-0.39, 0.29) is 36.0 Å². The molecule has 194 valence electrons. The van der Waals surface area contributed by atoms with Crippen LogP contribution in [0.1, 0.15) is 47.9 Å². The summed E-state index contributed by atoms with van der Waals surface area (Å²) in [6.07, 6.45) is 4.49. The summed E-state index contributed by atoms with van der Waals surface area (Å²) in [5.41, 5.74) is 3.74. The zero-order chi connectivity index (χ0) is 26.0. The van der Waals surface area contributed by atoms with Crippen LogP contribution in [0.15, 0.2) is 78.9 Å². The Morgan fingerprint density at radius 3 is 2.30 bits per heavy atom. The normalized spacial score (nSPS) is 14.3. The molecule has 1 fully saturated rings. The minimum Gasteiger partial charge on any atom is -0.352 e. The topological polar surface area (TPSA) is 49.4 Å². The fourth-order valence-corrected chi connectivity index (χ4v) is 5.82. The molecule has 0 radical (unpaired) electrons. The summed E-state index contributed by atoms with van der Waals surface area (Å²) in [6, 6.07) is 23.7. The van der Waals surface area contributed by atoms with E-state index in [0.717, 1.165) is 31.2 Å². The molecule has 4 nitrogen and oxygen atoms in total. The van der Waals surface area contributed by atoms with E-state index >= 15 is 0 Å². The molecular formula is C31H35FN2O2S. The zero-order valence-corrected chi connectivity index (χ0v) is 22.2. The molecule has 0 bridgehead atoms. The van der Waals surface area contributed by atoms with Crippen molar-refractivity contribution in [2.24, 2.45) is 0 Å². The number of nitrogens with zero attached hydrogens (tertiary/aromatic N) is 1. The minimum absolute atomic E-state index is 0.0476. The summed E-state index contributed by atoms with van der Waals surface area (Å²) in [4.78, 5) is 29.0. The molecule has 1 N–H and O–H groups in total. The van der Waals surface area contributed by atoms with E-state index < -0.39 is 6.04 Å². The first-order chi connectivity index (χ1) is 18.0. The maximum Gasteiger partial charge on any atom is 0.243 e. The Morgan fingerprint density at radius 2 is 1.59 bits per heavy atom. The highest BCUT2D eigenvalue weighted by atomic mass is 32.2. The SMILES string of the molecule is Cc1ccccc1CSCC(=O)N(Cc1ccccc1F)[C@H](Cc1ccccc1)C(=O)NC1CCCC1. The predicted molar refractivity (Wildman–Crippen MR) is 149 cm³/mol. The van der Waals surface area contributed by atoms with Crippen molar-refractivity contribution in [2.45, 2.75) is 63.4 Å². The molecule has 1 atom stereocenters. The number of thioether (sulfide) groups is 1. The van der Waals surface area contributed by atoms with E-state index in [1.807, 2.05) is 42.5 Å². The van der Waals surface area contributed by atoms with Crippen LogP contribution in [-0.2, 0) is 28.3 Å². The quantitative estimate of drug-likeness (QED) is 0.335. The van der Waals surface area contributed by atoms with Gasteiger partial charge in [0.25, 0.3) is 0 Å². The van der Waals surface area contributed by atoms with E-state index in [0.29, 0.717) is 17.7 Å². The lowest BCUT2D eigenvalue weighted by molar-refractivity contribution is -0.139. The van der Waals surface area contributed by atoms with Crippen molar-refractivity contribution in [3.05, 3.63) is 107 Å². The number of benzene rings is 3. The Bertz CT molecular complexity index is 1180. The lowest BCUT2D eigenvalue weighted by Gasteiger charge is -2.32. The maximum atomic E-state index is 14.7. The van der Waals surface area contributed by atoms with Crippen molar-refractivity contribution >= 4 is 23.6 Å². The third-order valence-corrected chi connectivity index (χ3v) is 7.98. The third kappa shape index (κ3) is 7.68. The van der Waals surface area contributed by atoms with Gasteiger partial charge in [-0.2, -0.15) is 0 Å². The molecule has 37 heavy (non-hydrogen) atoms. The van der Waals surface area contributed by atoms with Gasteiger partial charge in [-0.3, -0.25) is 9.59 Å². The van der Waals surface area contributed by atoms with Crippen molar-refractivity contribution in [1.29, 1.82) is 0 Å². The second-order valence-corrected chi connectivity index (χ2v) is 10.7. The van der Waals surface area contributed by atoms with Crippen molar-refractivity contribution in [2.75, 3.05) is 5.75 Å². The van der Waals surface area contributed by atoms with Crippen LogP contribution in [0, 0.1) is 12.7 Å². The van der Waals surface area contributed by atoms with Crippen molar-refractivity contribution in [3.8, 4) is 0 Å². The Labute approximate surface area is 223 Å². The van der Waals surface area contributed by atoms with Crippen LogP contribution in [0.4, 0.5) is 4.39 Å². The van der Waals surface area contributed by atoms with Crippen LogP contribution in [0.25, 0.3) is 0 Å². The monoisotopic (exact) mass is 518 g/mol. The molecule has 0 aliphatic heterocycles. The Morgan fingerprint density at radius 1 is 0.946 bits per heavy atom. The molecular weight excluding hydrogens is 483 g/mol. The van der Waals surface area contributed by atoms with Gasteiger partial charge in [-0.25, -0.2) is 4.39 Å². The molecule has 4 rings (SSSR count). The van der Waals surface area contributed by atoms with E-state index in [2.05, 4.69) is 24.4 Å². The summed E-state index contributed by atoms with van der Waals surface area (Å²) in [7, 11) is 0. The van der Waals surface area contributed by atoms with Crippen LogP contribution in [-0.4, -0.2) is 34.6 Å². The fraction of sp³-hybridized carbons (Fsp3) is 0.355. The summed E-state index contributed by atoms with van der Waals surface area (Å²) in [5.74, 6) is 0.213. The first kappa shape index (κ1) is 26.9. The molecule has 0 spiro atoms. The molecule has 0 unspecified atom stereocenters. The fourth-order valence-electron chi connectivity index (χ4n) is 4.83. The van der Waals surface area contributed by atoms with Crippen LogP contribution >= 0.6 is 11.8 Å². The molecule has 0 saturated heterocycles. The van der Waals surface area contributed by atoms with Gasteiger partial charge in [-0.05, 0) is 42.5 Å². The Hall–Kier alpha value is -3.12. The number of hydrogen-bond donors (Lipinski definition) is 1. The molecule has 2 amide bonds. The van der Waals surface area contributed by atoms with Crippen LogP contribution in [0.2, 0.25) is 0 Å². The van der Waals surface area contributed by atoms with E-state index in [4.69, 9.17) is 0 Å². The molecule has 0 heterocycles. The minimum atomic E-state index is -0.728. The molecule has 3 aromatic rings. The van der Waals surface area contributed by atoms with Gasteiger partial charge in [0.15, 0.2) is 0 Å². The first-order valence-electron chi connectivity index (χ1n) is 13.0. The van der Waals surface area contributed by atoms with E-state index in [1.54, 1.807) is 23.1 Å². The summed E-state index contributed by atoms with van der Waals surface area (Å²) in [6.45, 7) is 2.11. The lowest BCUT2D eigenvalue weighted by atomic mass is 10.0. The van der Waals surface area contributed by atoms with Gasteiger partial charge in [-0.1, -0.05) is 85.6 Å². The van der Waals surface area contributed by atoms with Gasteiger partial charge < -0.3 is 10.2 Å². The predicted octanol–water partition coefficient (Wildman–Crippen LogP) is 6.07. The van der Waals surface area contributed by atoms with Gasteiger partial charge in [0.1, 0.15) is 11.9 Å². The number of nitrogens with one attached hydrogen (secondary N) is 1. The highest BCUT2D eigenvalue weighted by molar-refractivity contribution is 7.99. The Balaban J connectivity index is 1.58.